The lowest BCUT2D eigenvalue weighted by atomic mass is 10.1. The van der Waals surface area contributed by atoms with Crippen molar-refractivity contribution in [3.05, 3.63) is 29.1 Å². The van der Waals surface area contributed by atoms with E-state index >= 15 is 0 Å². The van der Waals surface area contributed by atoms with Crippen LogP contribution in [-0.4, -0.2) is 38.7 Å². The molecule has 21 heavy (non-hydrogen) atoms. The van der Waals surface area contributed by atoms with Crippen molar-refractivity contribution in [3.8, 4) is 0 Å². The molecule has 0 aromatic heterocycles. The zero-order valence-electron chi connectivity index (χ0n) is 11.4. The number of hydrogen-bond donors (Lipinski definition) is 2. The molecule has 0 bridgehead atoms. The summed E-state index contributed by atoms with van der Waals surface area (Å²) in [4.78, 5) is 10.5. The Morgan fingerprint density at radius 1 is 1.52 bits per heavy atom. The minimum atomic E-state index is -3.99. The molecule has 0 spiro atoms. The van der Waals surface area contributed by atoms with Gasteiger partial charge >= 0.3 is 5.97 Å². The van der Waals surface area contributed by atoms with Gasteiger partial charge in [-0.15, -0.1) is 0 Å². The summed E-state index contributed by atoms with van der Waals surface area (Å²) in [6.07, 6.45) is 1.42. The third-order valence-corrected chi connectivity index (χ3v) is 4.91. The van der Waals surface area contributed by atoms with Gasteiger partial charge in [-0.2, -0.15) is 0 Å². The van der Waals surface area contributed by atoms with E-state index in [1.54, 1.807) is 0 Å². The summed E-state index contributed by atoms with van der Waals surface area (Å²) in [5.41, 5.74) is -0.518. The van der Waals surface area contributed by atoms with E-state index in [1.165, 1.54) is 6.92 Å². The smallest absolute Gasteiger partial charge is 0.335 e. The van der Waals surface area contributed by atoms with Gasteiger partial charge in [0.25, 0.3) is 0 Å². The second-order valence-corrected chi connectivity index (χ2v) is 6.61. The molecular formula is C13H16FNO5S. The zero-order chi connectivity index (χ0) is 15.6. The third kappa shape index (κ3) is 3.58. The maximum atomic E-state index is 13.7. The number of carboxylic acid groups (broad SMARTS) is 1. The molecule has 2 N–H and O–H groups in total. The molecule has 1 aromatic rings. The van der Waals surface area contributed by atoms with Crippen LogP contribution in [0.2, 0.25) is 0 Å². The molecule has 1 heterocycles. The highest BCUT2D eigenvalue weighted by Crippen LogP contribution is 2.21. The summed E-state index contributed by atoms with van der Waals surface area (Å²) in [6.45, 7) is 1.97. The van der Waals surface area contributed by atoms with E-state index in [1.807, 2.05) is 0 Å². The second kappa shape index (κ2) is 6.08. The van der Waals surface area contributed by atoms with Crippen molar-refractivity contribution in [2.45, 2.75) is 30.8 Å². The van der Waals surface area contributed by atoms with Gasteiger partial charge in [-0.3, -0.25) is 0 Å². The van der Waals surface area contributed by atoms with Gasteiger partial charge in [0.05, 0.1) is 16.6 Å². The van der Waals surface area contributed by atoms with E-state index in [9.17, 15) is 17.6 Å². The Labute approximate surface area is 122 Å². The average Bonchev–Trinajstić information content (AvgIpc) is 2.92. The van der Waals surface area contributed by atoms with Crippen molar-refractivity contribution < 1.29 is 27.4 Å². The molecule has 6 nitrogen and oxygen atoms in total. The van der Waals surface area contributed by atoms with Crippen LogP contribution in [0, 0.1) is 12.7 Å². The molecular weight excluding hydrogens is 301 g/mol. The number of ether oxygens (including phenoxy) is 1. The average molecular weight is 317 g/mol. The summed E-state index contributed by atoms with van der Waals surface area (Å²) in [5.74, 6) is -2.25. The van der Waals surface area contributed by atoms with Gasteiger partial charge in [0.15, 0.2) is 0 Å². The Hall–Kier alpha value is -1.51. The fraction of sp³-hybridized carbons (Fsp3) is 0.462. The highest BCUT2D eigenvalue weighted by molar-refractivity contribution is 7.89. The van der Waals surface area contributed by atoms with Crippen LogP contribution in [-0.2, 0) is 14.8 Å². The van der Waals surface area contributed by atoms with Crippen LogP contribution in [0.5, 0.6) is 0 Å². The Kier molecular flexibility index (Phi) is 4.60. The van der Waals surface area contributed by atoms with E-state index in [0.29, 0.717) is 6.61 Å². The third-order valence-electron chi connectivity index (χ3n) is 3.36. The molecule has 1 fully saturated rings. The lowest BCUT2D eigenvalue weighted by Crippen LogP contribution is -2.32. The fourth-order valence-electron chi connectivity index (χ4n) is 2.14. The number of aromatic carboxylic acids is 1. The van der Waals surface area contributed by atoms with E-state index in [0.717, 1.165) is 25.0 Å². The molecule has 2 rings (SSSR count). The van der Waals surface area contributed by atoms with Crippen LogP contribution < -0.4 is 4.72 Å². The van der Waals surface area contributed by atoms with Crippen molar-refractivity contribution in [2.75, 3.05) is 13.2 Å². The van der Waals surface area contributed by atoms with Crippen molar-refractivity contribution in [1.29, 1.82) is 0 Å². The van der Waals surface area contributed by atoms with E-state index in [4.69, 9.17) is 9.84 Å². The molecule has 8 heteroatoms. The number of benzene rings is 1. The van der Waals surface area contributed by atoms with Crippen LogP contribution in [0.1, 0.15) is 28.8 Å². The fourth-order valence-corrected chi connectivity index (χ4v) is 3.49. The monoisotopic (exact) mass is 317 g/mol. The Morgan fingerprint density at radius 3 is 2.81 bits per heavy atom. The maximum absolute atomic E-state index is 13.7. The molecule has 0 amide bonds. The van der Waals surface area contributed by atoms with Gasteiger partial charge in [-0.1, -0.05) is 0 Å². The molecule has 1 atom stereocenters. The molecule has 0 radical (unpaired) electrons. The number of rotatable bonds is 5. The largest absolute Gasteiger partial charge is 0.478 e. The highest BCUT2D eigenvalue weighted by Gasteiger charge is 2.24. The summed E-state index contributed by atoms with van der Waals surface area (Å²) in [5, 5.41) is 8.89. The first-order valence-electron chi connectivity index (χ1n) is 6.46. The predicted molar refractivity (Wildman–Crippen MR) is 72.3 cm³/mol. The number of hydrogen-bond acceptors (Lipinski definition) is 4. The molecule has 1 aromatic carbocycles. The quantitative estimate of drug-likeness (QED) is 0.853. The van der Waals surface area contributed by atoms with Gasteiger partial charge in [0, 0.05) is 18.7 Å². The first kappa shape index (κ1) is 15.9. The molecule has 0 saturated carbocycles. The van der Waals surface area contributed by atoms with Crippen LogP contribution in [0.15, 0.2) is 17.0 Å². The lowest BCUT2D eigenvalue weighted by Gasteiger charge is -2.13. The highest BCUT2D eigenvalue weighted by atomic mass is 32.2. The Balaban J connectivity index is 2.27. The van der Waals surface area contributed by atoms with Crippen LogP contribution in [0.3, 0.4) is 0 Å². The number of nitrogens with one attached hydrogen (secondary N) is 1. The summed E-state index contributed by atoms with van der Waals surface area (Å²) in [6, 6.07) is 1.76. The molecule has 1 aliphatic rings. The van der Waals surface area contributed by atoms with Crippen molar-refractivity contribution in [1.82, 2.24) is 4.72 Å². The minimum absolute atomic E-state index is 0.0840. The Bertz CT molecular complexity index is 653. The number of halogens is 1. The van der Waals surface area contributed by atoms with Gasteiger partial charge < -0.3 is 9.84 Å². The SMILES string of the molecule is Cc1c(F)cc(C(=O)O)cc1S(=O)(=O)NCC1CCCO1. The zero-order valence-corrected chi connectivity index (χ0v) is 12.2. The summed E-state index contributed by atoms with van der Waals surface area (Å²) < 4.78 is 45.8. The normalized spacial score (nSPS) is 18.9. The predicted octanol–water partition coefficient (Wildman–Crippen LogP) is 1.29. The van der Waals surface area contributed by atoms with E-state index < -0.39 is 27.4 Å². The lowest BCUT2D eigenvalue weighted by molar-refractivity contribution is 0.0696. The topological polar surface area (TPSA) is 92.7 Å². The van der Waals surface area contributed by atoms with Gasteiger partial charge in [0.2, 0.25) is 10.0 Å². The molecule has 116 valence electrons. The maximum Gasteiger partial charge on any atom is 0.335 e. The van der Waals surface area contributed by atoms with Crippen molar-refractivity contribution >= 4 is 16.0 Å². The van der Waals surface area contributed by atoms with Gasteiger partial charge in [-0.25, -0.2) is 22.3 Å². The molecule has 1 saturated heterocycles. The summed E-state index contributed by atoms with van der Waals surface area (Å²) >= 11 is 0. The standard InChI is InChI=1S/C13H16FNO5S/c1-8-11(14)5-9(13(16)17)6-12(8)21(18,19)15-7-10-3-2-4-20-10/h5-6,10,15H,2-4,7H2,1H3,(H,16,17). The van der Waals surface area contributed by atoms with Crippen molar-refractivity contribution in [3.63, 3.8) is 0 Å². The van der Waals surface area contributed by atoms with Crippen LogP contribution in [0.25, 0.3) is 0 Å². The first-order chi connectivity index (χ1) is 9.81. The molecule has 0 aliphatic carbocycles. The van der Waals surface area contributed by atoms with E-state index in [-0.39, 0.29) is 23.1 Å². The number of sulfonamides is 1. The van der Waals surface area contributed by atoms with E-state index in [2.05, 4.69) is 4.72 Å². The minimum Gasteiger partial charge on any atom is -0.478 e. The number of carbonyl (C=O) groups is 1. The molecule has 1 unspecified atom stereocenters. The number of carboxylic acids is 1. The second-order valence-electron chi connectivity index (χ2n) is 4.87. The Morgan fingerprint density at radius 2 is 2.24 bits per heavy atom. The first-order valence-corrected chi connectivity index (χ1v) is 7.94. The van der Waals surface area contributed by atoms with Crippen LogP contribution >= 0.6 is 0 Å². The van der Waals surface area contributed by atoms with Gasteiger partial charge in [-0.05, 0) is 31.9 Å². The van der Waals surface area contributed by atoms with Gasteiger partial charge in [0.1, 0.15) is 5.82 Å². The molecule has 1 aliphatic heterocycles. The van der Waals surface area contributed by atoms with Crippen molar-refractivity contribution in [2.24, 2.45) is 0 Å². The van der Waals surface area contributed by atoms with Crippen LogP contribution in [0.4, 0.5) is 4.39 Å². The summed E-state index contributed by atoms with van der Waals surface area (Å²) in [7, 11) is -3.99.